The van der Waals surface area contributed by atoms with Gasteiger partial charge in [-0.3, -0.25) is 4.90 Å². The molecule has 0 radical (unpaired) electrons. The van der Waals surface area contributed by atoms with E-state index in [0.29, 0.717) is 16.6 Å². The van der Waals surface area contributed by atoms with Crippen LogP contribution < -0.4 is 5.32 Å². The van der Waals surface area contributed by atoms with Crippen molar-refractivity contribution in [1.29, 1.82) is 5.26 Å². The van der Waals surface area contributed by atoms with Crippen LogP contribution in [0.4, 0.5) is 0 Å². The lowest BCUT2D eigenvalue weighted by Crippen LogP contribution is -2.32. The average molecular weight is 250 g/mol. The van der Waals surface area contributed by atoms with Crippen molar-refractivity contribution in [3.05, 3.63) is 34.3 Å². The summed E-state index contributed by atoms with van der Waals surface area (Å²) in [6.45, 7) is 2.97. The van der Waals surface area contributed by atoms with Crippen LogP contribution >= 0.6 is 11.6 Å². The Balaban J connectivity index is 2.05. The molecule has 17 heavy (non-hydrogen) atoms. The zero-order valence-corrected chi connectivity index (χ0v) is 10.7. The van der Waals surface area contributed by atoms with Crippen LogP contribution in [0.3, 0.4) is 0 Å². The zero-order chi connectivity index (χ0) is 12.3. The van der Waals surface area contributed by atoms with E-state index < -0.39 is 0 Å². The number of nitriles is 1. The molecule has 1 saturated heterocycles. The third kappa shape index (κ3) is 2.98. The van der Waals surface area contributed by atoms with Crippen LogP contribution in [0, 0.1) is 11.3 Å². The molecular weight excluding hydrogens is 234 g/mol. The first-order chi connectivity index (χ1) is 8.20. The molecule has 0 amide bonds. The summed E-state index contributed by atoms with van der Waals surface area (Å²) in [6.07, 6.45) is 1.18. The molecule has 2 rings (SSSR count). The molecule has 1 aromatic rings. The summed E-state index contributed by atoms with van der Waals surface area (Å²) in [6, 6.07) is 8.18. The molecule has 4 heteroatoms. The highest BCUT2D eigenvalue weighted by Crippen LogP contribution is 2.20. The maximum atomic E-state index is 8.78. The van der Waals surface area contributed by atoms with E-state index in [-0.39, 0.29) is 0 Å². The van der Waals surface area contributed by atoms with Crippen molar-refractivity contribution < 1.29 is 0 Å². The largest absolute Gasteiger partial charge is 0.315 e. The van der Waals surface area contributed by atoms with Crippen molar-refractivity contribution >= 4 is 11.6 Å². The van der Waals surface area contributed by atoms with E-state index in [0.717, 1.165) is 25.2 Å². The Kier molecular flexibility index (Phi) is 4.01. The Bertz CT molecular complexity index is 433. The highest BCUT2D eigenvalue weighted by atomic mass is 35.5. The van der Waals surface area contributed by atoms with Crippen LogP contribution in [0.15, 0.2) is 18.2 Å². The Morgan fingerprint density at radius 2 is 2.41 bits per heavy atom. The molecule has 0 aliphatic carbocycles. The Hall–Kier alpha value is -1.08. The molecule has 90 valence electrons. The second-order valence-corrected chi connectivity index (χ2v) is 4.89. The predicted molar refractivity (Wildman–Crippen MR) is 68.9 cm³/mol. The molecule has 1 atom stereocenters. The highest BCUT2D eigenvalue weighted by Gasteiger charge is 2.19. The minimum absolute atomic E-state index is 0.585. The van der Waals surface area contributed by atoms with E-state index in [1.165, 1.54) is 6.42 Å². The standard InChI is InChI=1S/C13H16ClN3/c1-17(12-4-5-16-8-12)9-11-3-2-10(7-15)6-13(11)14/h2-3,6,12,16H,4-5,8-9H2,1H3. The molecule has 3 nitrogen and oxygen atoms in total. The van der Waals surface area contributed by atoms with Gasteiger partial charge in [-0.05, 0) is 37.7 Å². The monoisotopic (exact) mass is 249 g/mol. The fourth-order valence-corrected chi connectivity index (χ4v) is 2.40. The van der Waals surface area contributed by atoms with Crippen molar-refractivity contribution in [1.82, 2.24) is 10.2 Å². The fourth-order valence-electron chi connectivity index (χ4n) is 2.16. The molecule has 1 fully saturated rings. The molecule has 0 bridgehead atoms. The van der Waals surface area contributed by atoms with Gasteiger partial charge in [-0.1, -0.05) is 17.7 Å². The van der Waals surface area contributed by atoms with Gasteiger partial charge >= 0.3 is 0 Å². The Labute approximate surface area is 107 Å². The van der Waals surface area contributed by atoms with Crippen LogP contribution in [0.5, 0.6) is 0 Å². The van der Waals surface area contributed by atoms with Crippen molar-refractivity contribution in [3.63, 3.8) is 0 Å². The summed E-state index contributed by atoms with van der Waals surface area (Å²) in [7, 11) is 2.12. The van der Waals surface area contributed by atoms with Gasteiger partial charge in [-0.15, -0.1) is 0 Å². The first kappa shape index (κ1) is 12.4. The van der Waals surface area contributed by atoms with E-state index >= 15 is 0 Å². The number of benzene rings is 1. The molecule has 0 saturated carbocycles. The second-order valence-electron chi connectivity index (χ2n) is 4.48. The highest BCUT2D eigenvalue weighted by molar-refractivity contribution is 6.31. The van der Waals surface area contributed by atoms with Crippen molar-refractivity contribution in [2.75, 3.05) is 20.1 Å². The van der Waals surface area contributed by atoms with Crippen molar-refractivity contribution in [2.45, 2.75) is 19.0 Å². The van der Waals surface area contributed by atoms with E-state index in [1.807, 2.05) is 12.1 Å². The zero-order valence-electron chi connectivity index (χ0n) is 9.91. The summed E-state index contributed by atoms with van der Waals surface area (Å²) in [5.74, 6) is 0. The van der Waals surface area contributed by atoms with Crippen LogP contribution in [0.25, 0.3) is 0 Å². The molecule has 0 aromatic heterocycles. The lowest BCUT2D eigenvalue weighted by molar-refractivity contribution is 0.249. The number of rotatable bonds is 3. The summed E-state index contributed by atoms with van der Waals surface area (Å²) >= 11 is 6.17. The lowest BCUT2D eigenvalue weighted by atomic mass is 10.1. The third-order valence-electron chi connectivity index (χ3n) is 3.26. The number of halogens is 1. The fraction of sp³-hybridized carbons (Fsp3) is 0.462. The van der Waals surface area contributed by atoms with Crippen LogP contribution in [-0.4, -0.2) is 31.1 Å². The molecule has 1 N–H and O–H groups in total. The van der Waals surface area contributed by atoms with Crippen molar-refractivity contribution in [2.24, 2.45) is 0 Å². The number of likely N-dealkylation sites (N-methyl/N-ethyl adjacent to an activating group) is 1. The van der Waals surface area contributed by atoms with E-state index in [2.05, 4.69) is 23.3 Å². The van der Waals surface area contributed by atoms with Gasteiger partial charge in [0.1, 0.15) is 0 Å². The summed E-state index contributed by atoms with van der Waals surface area (Å²) in [5, 5.41) is 12.8. The van der Waals surface area contributed by atoms with Crippen LogP contribution in [-0.2, 0) is 6.54 Å². The maximum Gasteiger partial charge on any atom is 0.0992 e. The number of hydrogen-bond acceptors (Lipinski definition) is 3. The molecule has 1 aliphatic heterocycles. The molecule has 1 aromatic carbocycles. The topological polar surface area (TPSA) is 39.1 Å². The Morgan fingerprint density at radius 3 is 3.00 bits per heavy atom. The minimum Gasteiger partial charge on any atom is -0.315 e. The molecule has 1 heterocycles. The maximum absolute atomic E-state index is 8.78. The van der Waals surface area contributed by atoms with Gasteiger partial charge in [-0.2, -0.15) is 5.26 Å². The smallest absolute Gasteiger partial charge is 0.0992 e. The van der Waals surface area contributed by atoms with E-state index in [9.17, 15) is 0 Å². The van der Waals surface area contributed by atoms with Gasteiger partial charge in [-0.25, -0.2) is 0 Å². The van der Waals surface area contributed by atoms with E-state index in [4.69, 9.17) is 16.9 Å². The number of nitrogens with zero attached hydrogens (tertiary/aromatic N) is 2. The van der Waals surface area contributed by atoms with Crippen molar-refractivity contribution in [3.8, 4) is 6.07 Å². The normalized spacial score (nSPS) is 19.5. The predicted octanol–water partition coefficient (Wildman–Crippen LogP) is 2.01. The Morgan fingerprint density at radius 1 is 1.59 bits per heavy atom. The second kappa shape index (κ2) is 5.50. The molecule has 0 spiro atoms. The van der Waals surface area contributed by atoms with E-state index in [1.54, 1.807) is 6.07 Å². The SMILES string of the molecule is CN(Cc1ccc(C#N)cc1Cl)C1CCNC1. The first-order valence-corrected chi connectivity index (χ1v) is 6.18. The van der Waals surface area contributed by atoms with Gasteiger partial charge in [0.15, 0.2) is 0 Å². The van der Waals surface area contributed by atoms with Gasteiger partial charge in [0, 0.05) is 24.2 Å². The summed E-state index contributed by atoms with van der Waals surface area (Å²) < 4.78 is 0. The van der Waals surface area contributed by atoms with Gasteiger partial charge < -0.3 is 5.32 Å². The lowest BCUT2D eigenvalue weighted by Gasteiger charge is -2.23. The van der Waals surface area contributed by atoms with Gasteiger partial charge in [0.25, 0.3) is 0 Å². The van der Waals surface area contributed by atoms with Crippen LogP contribution in [0.2, 0.25) is 5.02 Å². The van der Waals surface area contributed by atoms with Gasteiger partial charge in [0.05, 0.1) is 11.6 Å². The minimum atomic E-state index is 0.585. The summed E-state index contributed by atoms with van der Waals surface area (Å²) in [4.78, 5) is 2.31. The third-order valence-corrected chi connectivity index (χ3v) is 3.61. The molecule has 1 unspecified atom stereocenters. The quantitative estimate of drug-likeness (QED) is 0.891. The number of nitrogens with one attached hydrogen (secondary N) is 1. The molecular formula is C13H16ClN3. The van der Waals surface area contributed by atoms with Gasteiger partial charge in [0.2, 0.25) is 0 Å². The number of hydrogen-bond donors (Lipinski definition) is 1. The summed E-state index contributed by atoms with van der Waals surface area (Å²) in [5.41, 5.74) is 1.70. The van der Waals surface area contributed by atoms with Crippen LogP contribution in [0.1, 0.15) is 17.5 Å². The first-order valence-electron chi connectivity index (χ1n) is 5.80. The molecule has 1 aliphatic rings. The average Bonchev–Trinajstić information content (AvgIpc) is 2.85.